The zero-order chi connectivity index (χ0) is 9.10. The van der Waals surface area contributed by atoms with E-state index < -0.39 is 0 Å². The highest BCUT2D eigenvalue weighted by Gasteiger charge is 2.04. The molecule has 0 bridgehead atoms. The fraction of sp³-hybridized carbons (Fsp3) is 0.500. The quantitative estimate of drug-likeness (QED) is 0.741. The Kier molecular flexibility index (Phi) is 2.76. The van der Waals surface area contributed by atoms with E-state index in [1.807, 2.05) is 6.92 Å². The molecular weight excluding hydrogens is 180 g/mol. The molecule has 0 aliphatic carbocycles. The number of aryl methyl sites for hydroxylation is 1. The molecule has 1 aromatic heterocycles. The second-order valence-corrected chi connectivity index (χ2v) is 4.30. The van der Waals surface area contributed by atoms with E-state index in [-0.39, 0.29) is 0 Å². The lowest BCUT2D eigenvalue weighted by molar-refractivity contribution is 0.613. The highest BCUT2D eigenvalue weighted by atomic mass is 32.1. The summed E-state index contributed by atoms with van der Waals surface area (Å²) in [5.74, 6) is 0. The first-order valence-corrected chi connectivity index (χ1v) is 5.55. The standard InChI is InChI=1S/C10H14N2S/c1-8-7-13-10(12-8)5-9-3-2-4-11-6-9/h5,7,11H,2-4,6H2,1H3/b9-5-. The van der Waals surface area contributed by atoms with Gasteiger partial charge in [0.2, 0.25) is 0 Å². The molecule has 0 atom stereocenters. The molecule has 0 aromatic carbocycles. The van der Waals surface area contributed by atoms with Crippen molar-refractivity contribution < 1.29 is 0 Å². The molecule has 0 spiro atoms. The molecule has 1 N–H and O–H groups in total. The molecule has 0 amide bonds. The molecule has 2 heterocycles. The van der Waals surface area contributed by atoms with E-state index in [0.717, 1.165) is 23.8 Å². The summed E-state index contributed by atoms with van der Waals surface area (Å²) in [6.45, 7) is 4.24. The molecule has 1 aliphatic rings. The Morgan fingerprint density at radius 2 is 2.54 bits per heavy atom. The van der Waals surface area contributed by atoms with Crippen LogP contribution in [0, 0.1) is 6.92 Å². The molecule has 0 saturated carbocycles. The van der Waals surface area contributed by atoms with Gasteiger partial charge >= 0.3 is 0 Å². The SMILES string of the molecule is Cc1csc(/C=C2/CCCNC2)n1. The van der Waals surface area contributed by atoms with Crippen molar-refractivity contribution in [2.24, 2.45) is 0 Å². The van der Waals surface area contributed by atoms with Gasteiger partial charge in [-0.15, -0.1) is 11.3 Å². The smallest absolute Gasteiger partial charge is 0.116 e. The van der Waals surface area contributed by atoms with Gasteiger partial charge in [0.05, 0.1) is 0 Å². The third-order valence-corrected chi connectivity index (χ3v) is 3.08. The zero-order valence-corrected chi connectivity index (χ0v) is 8.66. The molecule has 1 aliphatic heterocycles. The van der Waals surface area contributed by atoms with Crippen LogP contribution in [0.3, 0.4) is 0 Å². The van der Waals surface area contributed by atoms with E-state index in [0.29, 0.717) is 0 Å². The van der Waals surface area contributed by atoms with Gasteiger partial charge in [0, 0.05) is 17.6 Å². The van der Waals surface area contributed by atoms with Crippen LogP contribution in [0.15, 0.2) is 11.0 Å². The fourth-order valence-corrected chi connectivity index (χ4v) is 2.29. The van der Waals surface area contributed by atoms with Crippen molar-refractivity contribution in [3.63, 3.8) is 0 Å². The minimum Gasteiger partial charge on any atom is -0.313 e. The summed E-state index contributed by atoms with van der Waals surface area (Å²) >= 11 is 1.73. The Bertz CT molecular complexity index is 306. The van der Waals surface area contributed by atoms with Crippen LogP contribution >= 0.6 is 11.3 Å². The molecule has 3 heteroatoms. The lowest BCUT2D eigenvalue weighted by Crippen LogP contribution is -2.23. The van der Waals surface area contributed by atoms with Crippen LogP contribution in [0.2, 0.25) is 0 Å². The number of hydrogen-bond acceptors (Lipinski definition) is 3. The van der Waals surface area contributed by atoms with Crippen LogP contribution < -0.4 is 5.32 Å². The van der Waals surface area contributed by atoms with Crippen LogP contribution in [0.5, 0.6) is 0 Å². The Hall–Kier alpha value is -0.670. The van der Waals surface area contributed by atoms with E-state index in [4.69, 9.17) is 0 Å². The Balaban J connectivity index is 2.09. The van der Waals surface area contributed by atoms with Crippen molar-refractivity contribution in [1.82, 2.24) is 10.3 Å². The van der Waals surface area contributed by atoms with Crippen molar-refractivity contribution in [2.45, 2.75) is 19.8 Å². The maximum atomic E-state index is 4.42. The van der Waals surface area contributed by atoms with E-state index in [2.05, 4.69) is 21.8 Å². The average molecular weight is 194 g/mol. The molecule has 0 radical (unpaired) electrons. The second-order valence-electron chi connectivity index (χ2n) is 3.41. The maximum absolute atomic E-state index is 4.42. The first-order chi connectivity index (χ1) is 6.34. The van der Waals surface area contributed by atoms with Crippen molar-refractivity contribution in [3.05, 3.63) is 21.7 Å². The predicted octanol–water partition coefficient (Wildman–Crippen LogP) is 2.22. The van der Waals surface area contributed by atoms with E-state index >= 15 is 0 Å². The summed E-state index contributed by atoms with van der Waals surface area (Å²) in [6.07, 6.45) is 4.71. The Morgan fingerprint density at radius 3 is 3.15 bits per heavy atom. The highest BCUT2D eigenvalue weighted by molar-refractivity contribution is 7.10. The Labute approximate surface area is 82.7 Å². The molecule has 1 saturated heterocycles. The number of nitrogens with zero attached hydrogens (tertiary/aromatic N) is 1. The summed E-state index contributed by atoms with van der Waals surface area (Å²) in [7, 11) is 0. The normalized spacial score (nSPS) is 20.8. The minimum absolute atomic E-state index is 1.04. The van der Waals surface area contributed by atoms with Crippen LogP contribution in [-0.4, -0.2) is 18.1 Å². The van der Waals surface area contributed by atoms with Crippen LogP contribution in [0.1, 0.15) is 23.5 Å². The van der Waals surface area contributed by atoms with Crippen LogP contribution in [0.4, 0.5) is 0 Å². The number of rotatable bonds is 1. The third-order valence-electron chi connectivity index (χ3n) is 2.17. The molecular formula is C10H14N2S. The summed E-state index contributed by atoms with van der Waals surface area (Å²) in [5, 5.41) is 6.62. The molecule has 2 rings (SSSR count). The lowest BCUT2D eigenvalue weighted by atomic mass is 10.1. The number of hydrogen-bond donors (Lipinski definition) is 1. The maximum Gasteiger partial charge on any atom is 0.116 e. The summed E-state index contributed by atoms with van der Waals surface area (Å²) in [5.41, 5.74) is 2.61. The van der Waals surface area contributed by atoms with Gasteiger partial charge in [0.15, 0.2) is 0 Å². The fourth-order valence-electron chi connectivity index (χ4n) is 1.51. The number of nitrogens with one attached hydrogen (secondary N) is 1. The van der Waals surface area contributed by atoms with Crippen molar-refractivity contribution >= 4 is 17.4 Å². The van der Waals surface area contributed by atoms with Crippen molar-refractivity contribution in [1.29, 1.82) is 0 Å². The van der Waals surface area contributed by atoms with Gasteiger partial charge in [-0.1, -0.05) is 5.57 Å². The minimum atomic E-state index is 1.04. The van der Waals surface area contributed by atoms with E-state index in [1.54, 1.807) is 11.3 Å². The molecule has 70 valence electrons. The largest absolute Gasteiger partial charge is 0.313 e. The van der Waals surface area contributed by atoms with Crippen LogP contribution in [-0.2, 0) is 0 Å². The van der Waals surface area contributed by atoms with Gasteiger partial charge in [0.25, 0.3) is 0 Å². The third kappa shape index (κ3) is 2.39. The van der Waals surface area contributed by atoms with Gasteiger partial charge in [-0.25, -0.2) is 4.98 Å². The summed E-state index contributed by atoms with van der Waals surface area (Å²) in [4.78, 5) is 4.42. The van der Waals surface area contributed by atoms with Crippen molar-refractivity contribution in [2.75, 3.05) is 13.1 Å². The van der Waals surface area contributed by atoms with Crippen molar-refractivity contribution in [3.8, 4) is 0 Å². The first kappa shape index (κ1) is 8.91. The van der Waals surface area contributed by atoms with E-state index in [9.17, 15) is 0 Å². The monoisotopic (exact) mass is 194 g/mol. The van der Waals surface area contributed by atoms with Gasteiger partial charge in [-0.3, -0.25) is 0 Å². The van der Waals surface area contributed by atoms with E-state index in [1.165, 1.54) is 18.4 Å². The molecule has 0 unspecified atom stereocenters. The Morgan fingerprint density at radius 1 is 1.62 bits per heavy atom. The number of piperidine rings is 1. The van der Waals surface area contributed by atoms with Gasteiger partial charge < -0.3 is 5.32 Å². The van der Waals surface area contributed by atoms with Gasteiger partial charge in [-0.05, 0) is 32.4 Å². The molecule has 13 heavy (non-hydrogen) atoms. The predicted molar refractivity (Wildman–Crippen MR) is 56.9 cm³/mol. The molecule has 1 fully saturated rings. The van der Waals surface area contributed by atoms with Gasteiger partial charge in [-0.2, -0.15) is 0 Å². The first-order valence-electron chi connectivity index (χ1n) is 4.67. The topological polar surface area (TPSA) is 24.9 Å². The lowest BCUT2D eigenvalue weighted by Gasteiger charge is -2.14. The molecule has 2 nitrogen and oxygen atoms in total. The average Bonchev–Trinajstić information content (AvgIpc) is 2.53. The summed E-state index contributed by atoms with van der Waals surface area (Å²) < 4.78 is 0. The second kappa shape index (κ2) is 4.03. The highest BCUT2D eigenvalue weighted by Crippen LogP contribution is 2.16. The van der Waals surface area contributed by atoms with Crippen LogP contribution in [0.25, 0.3) is 6.08 Å². The molecule has 1 aromatic rings. The number of thiazole rings is 1. The number of aromatic nitrogens is 1. The van der Waals surface area contributed by atoms with Gasteiger partial charge in [0.1, 0.15) is 5.01 Å². The summed E-state index contributed by atoms with van der Waals surface area (Å²) in [6, 6.07) is 0. The zero-order valence-electron chi connectivity index (χ0n) is 7.84.